The van der Waals surface area contributed by atoms with Crippen molar-refractivity contribution in [2.45, 2.75) is 19.8 Å². The lowest BCUT2D eigenvalue weighted by atomic mass is 10.2. The van der Waals surface area contributed by atoms with Gasteiger partial charge in [-0.2, -0.15) is 10.1 Å². The number of aromatic nitrogens is 2. The summed E-state index contributed by atoms with van der Waals surface area (Å²) < 4.78 is 5.49. The number of benzene rings is 1. The molecule has 1 fully saturated rings. The Kier molecular flexibility index (Phi) is 5.56. The van der Waals surface area contributed by atoms with Crippen LogP contribution in [0, 0.1) is 6.92 Å². The number of hydrazone groups is 1. The highest BCUT2D eigenvalue weighted by Crippen LogP contribution is 2.19. The maximum absolute atomic E-state index is 11.8. The molecule has 0 unspecified atom stereocenters. The van der Waals surface area contributed by atoms with Gasteiger partial charge in [-0.25, -0.2) is 10.4 Å². The second kappa shape index (κ2) is 8.23. The molecule has 0 bridgehead atoms. The van der Waals surface area contributed by atoms with E-state index in [0.717, 1.165) is 37.2 Å². The van der Waals surface area contributed by atoms with E-state index in [-0.39, 0.29) is 12.5 Å². The second-order valence-electron chi connectivity index (χ2n) is 5.83. The molecule has 1 aliphatic heterocycles. The highest BCUT2D eigenvalue weighted by Gasteiger charge is 2.16. The molecule has 2 aromatic rings. The molecule has 0 atom stereocenters. The van der Waals surface area contributed by atoms with Crippen LogP contribution in [0.3, 0.4) is 0 Å². The summed E-state index contributed by atoms with van der Waals surface area (Å²) in [7, 11) is 0. The summed E-state index contributed by atoms with van der Waals surface area (Å²) in [6.45, 7) is 3.65. The van der Waals surface area contributed by atoms with Crippen LogP contribution in [-0.2, 0) is 4.79 Å². The standard InChI is InChI=1S/C18H21N5O2/c1-14-11-17(21-18(20-14)23-9-5-6-10-23)25-13-16(24)22-19-12-15-7-3-2-4-8-15/h2-4,7-8,11-12H,5-6,9-10,13H2,1H3,(H,22,24). The van der Waals surface area contributed by atoms with Crippen molar-refractivity contribution in [1.82, 2.24) is 15.4 Å². The fraction of sp³-hybridized carbons (Fsp3) is 0.333. The van der Waals surface area contributed by atoms with Crippen molar-refractivity contribution in [2.75, 3.05) is 24.6 Å². The zero-order valence-corrected chi connectivity index (χ0v) is 14.2. The van der Waals surface area contributed by atoms with Gasteiger partial charge in [0.2, 0.25) is 11.8 Å². The molecular weight excluding hydrogens is 318 g/mol. The predicted molar refractivity (Wildman–Crippen MR) is 95.9 cm³/mol. The Balaban J connectivity index is 1.52. The summed E-state index contributed by atoms with van der Waals surface area (Å²) in [6, 6.07) is 11.2. The van der Waals surface area contributed by atoms with Crippen LogP contribution in [-0.4, -0.2) is 41.8 Å². The Bertz CT molecular complexity index is 742. The molecule has 0 spiro atoms. The van der Waals surface area contributed by atoms with Crippen molar-refractivity contribution in [2.24, 2.45) is 5.10 Å². The molecule has 1 aliphatic rings. The number of rotatable bonds is 6. The van der Waals surface area contributed by atoms with Crippen molar-refractivity contribution >= 4 is 18.1 Å². The summed E-state index contributed by atoms with van der Waals surface area (Å²) >= 11 is 0. The van der Waals surface area contributed by atoms with E-state index >= 15 is 0 Å². The van der Waals surface area contributed by atoms with Gasteiger partial charge >= 0.3 is 0 Å². The summed E-state index contributed by atoms with van der Waals surface area (Å²) in [5, 5.41) is 3.91. The minimum Gasteiger partial charge on any atom is -0.467 e. The van der Waals surface area contributed by atoms with Crippen LogP contribution in [0.5, 0.6) is 5.88 Å². The third-order valence-electron chi connectivity index (χ3n) is 3.76. The van der Waals surface area contributed by atoms with Crippen LogP contribution in [0.2, 0.25) is 0 Å². The van der Waals surface area contributed by atoms with Crippen LogP contribution >= 0.6 is 0 Å². The van der Waals surface area contributed by atoms with E-state index < -0.39 is 0 Å². The molecule has 0 radical (unpaired) electrons. The Labute approximate surface area is 146 Å². The number of hydrogen-bond donors (Lipinski definition) is 1. The van der Waals surface area contributed by atoms with Crippen LogP contribution in [0.25, 0.3) is 0 Å². The van der Waals surface area contributed by atoms with Gasteiger partial charge in [0.05, 0.1) is 6.21 Å². The maximum atomic E-state index is 11.8. The molecule has 3 rings (SSSR count). The monoisotopic (exact) mass is 339 g/mol. The first kappa shape index (κ1) is 16.9. The van der Waals surface area contributed by atoms with Gasteiger partial charge < -0.3 is 9.64 Å². The van der Waals surface area contributed by atoms with E-state index in [1.807, 2.05) is 37.3 Å². The molecule has 1 aromatic heterocycles. The minimum absolute atomic E-state index is 0.151. The summed E-state index contributed by atoms with van der Waals surface area (Å²) in [5.74, 6) is 0.720. The van der Waals surface area contributed by atoms with Crippen molar-refractivity contribution in [3.8, 4) is 5.88 Å². The summed E-state index contributed by atoms with van der Waals surface area (Å²) in [5.41, 5.74) is 4.16. The van der Waals surface area contributed by atoms with Crippen LogP contribution < -0.4 is 15.1 Å². The Morgan fingerprint density at radius 2 is 2.04 bits per heavy atom. The molecule has 1 amide bonds. The van der Waals surface area contributed by atoms with Gasteiger partial charge in [-0.3, -0.25) is 4.79 Å². The lowest BCUT2D eigenvalue weighted by Gasteiger charge is -2.16. The van der Waals surface area contributed by atoms with Crippen LogP contribution in [0.1, 0.15) is 24.1 Å². The van der Waals surface area contributed by atoms with Crippen molar-refractivity contribution in [3.63, 3.8) is 0 Å². The molecular formula is C18H21N5O2. The quantitative estimate of drug-likeness (QED) is 0.642. The number of nitrogens with one attached hydrogen (secondary N) is 1. The average molecular weight is 339 g/mol. The van der Waals surface area contributed by atoms with Crippen LogP contribution in [0.4, 0.5) is 5.95 Å². The number of aryl methyl sites for hydroxylation is 1. The molecule has 0 aliphatic carbocycles. The van der Waals surface area contributed by atoms with Crippen molar-refractivity contribution in [1.29, 1.82) is 0 Å². The van der Waals surface area contributed by atoms with E-state index in [9.17, 15) is 4.79 Å². The molecule has 7 heteroatoms. The highest BCUT2D eigenvalue weighted by molar-refractivity contribution is 5.82. The third kappa shape index (κ3) is 5.00. The van der Waals surface area contributed by atoms with Crippen molar-refractivity contribution in [3.05, 3.63) is 47.7 Å². The fourth-order valence-electron chi connectivity index (χ4n) is 2.55. The first-order valence-corrected chi connectivity index (χ1v) is 8.31. The summed E-state index contributed by atoms with van der Waals surface area (Å²) in [4.78, 5) is 22.8. The lowest BCUT2D eigenvalue weighted by molar-refractivity contribution is -0.123. The van der Waals surface area contributed by atoms with Gasteiger partial charge in [0, 0.05) is 24.8 Å². The molecule has 7 nitrogen and oxygen atoms in total. The Morgan fingerprint density at radius 3 is 2.80 bits per heavy atom. The zero-order chi connectivity index (χ0) is 17.5. The lowest BCUT2D eigenvalue weighted by Crippen LogP contribution is -2.25. The van der Waals surface area contributed by atoms with E-state index in [4.69, 9.17) is 4.74 Å². The molecule has 25 heavy (non-hydrogen) atoms. The SMILES string of the molecule is Cc1cc(OCC(=O)NN=Cc2ccccc2)nc(N2CCCC2)n1. The third-order valence-corrected chi connectivity index (χ3v) is 3.76. The number of carbonyl (C=O) groups is 1. The number of carbonyl (C=O) groups excluding carboxylic acids is 1. The molecule has 130 valence electrons. The number of anilines is 1. The maximum Gasteiger partial charge on any atom is 0.278 e. The van der Waals surface area contributed by atoms with E-state index in [1.54, 1.807) is 12.3 Å². The number of nitrogens with zero attached hydrogens (tertiary/aromatic N) is 4. The van der Waals surface area contributed by atoms with Crippen LogP contribution in [0.15, 0.2) is 41.5 Å². The smallest absolute Gasteiger partial charge is 0.278 e. The van der Waals surface area contributed by atoms with Crippen molar-refractivity contribution < 1.29 is 9.53 Å². The summed E-state index contributed by atoms with van der Waals surface area (Å²) in [6.07, 6.45) is 3.88. The predicted octanol–water partition coefficient (Wildman–Crippen LogP) is 1.91. The number of amides is 1. The van der Waals surface area contributed by atoms with E-state index in [2.05, 4.69) is 25.4 Å². The number of ether oxygens (including phenoxy) is 1. The minimum atomic E-state index is -0.342. The Morgan fingerprint density at radius 1 is 1.28 bits per heavy atom. The second-order valence-corrected chi connectivity index (χ2v) is 5.83. The molecule has 2 heterocycles. The normalized spacial score (nSPS) is 14.0. The average Bonchev–Trinajstić information content (AvgIpc) is 3.15. The van der Waals surface area contributed by atoms with E-state index in [1.165, 1.54) is 0 Å². The van der Waals surface area contributed by atoms with Gasteiger partial charge in [-0.15, -0.1) is 0 Å². The molecule has 1 aromatic carbocycles. The zero-order valence-electron chi connectivity index (χ0n) is 14.2. The van der Waals surface area contributed by atoms with E-state index in [0.29, 0.717) is 11.8 Å². The van der Waals surface area contributed by atoms with Gasteiger partial charge in [0.1, 0.15) is 0 Å². The first-order valence-electron chi connectivity index (χ1n) is 8.31. The first-order chi connectivity index (χ1) is 12.2. The van der Waals surface area contributed by atoms with Gasteiger partial charge in [0.25, 0.3) is 5.91 Å². The molecule has 1 N–H and O–H groups in total. The largest absolute Gasteiger partial charge is 0.467 e. The Hall–Kier alpha value is -2.96. The number of hydrogen-bond acceptors (Lipinski definition) is 6. The van der Waals surface area contributed by atoms with Gasteiger partial charge in [-0.1, -0.05) is 30.3 Å². The van der Waals surface area contributed by atoms with Gasteiger partial charge in [-0.05, 0) is 25.3 Å². The van der Waals surface area contributed by atoms with Gasteiger partial charge in [0.15, 0.2) is 6.61 Å². The fourth-order valence-corrected chi connectivity index (χ4v) is 2.55. The molecule has 1 saturated heterocycles. The highest BCUT2D eigenvalue weighted by atomic mass is 16.5. The molecule has 0 saturated carbocycles. The topological polar surface area (TPSA) is 79.7 Å².